The van der Waals surface area contributed by atoms with Crippen LogP contribution in [0.25, 0.3) is 0 Å². The zero-order chi connectivity index (χ0) is 12.7. The number of amides is 1. The largest absolute Gasteiger partial charge is 0.467 e. The summed E-state index contributed by atoms with van der Waals surface area (Å²) in [5.41, 5.74) is -0.863. The van der Waals surface area contributed by atoms with Gasteiger partial charge in [0.25, 0.3) is 0 Å². The molecular weight excluding hydrogens is 265 g/mol. The average Bonchev–Trinajstić information content (AvgIpc) is 2.72. The van der Waals surface area contributed by atoms with E-state index in [4.69, 9.17) is 27.9 Å². The van der Waals surface area contributed by atoms with Crippen molar-refractivity contribution < 1.29 is 14.3 Å². The monoisotopic (exact) mass is 279 g/mol. The standard InChI is InChI=1S/C11H15Cl2NO3/c1-17-9(16)10(4-2-3-5-10)14-8(15)7-6-11(7,12)13/h7H,2-6H2,1H3,(H,14,15). The Morgan fingerprint density at radius 1 is 1.29 bits per heavy atom. The number of esters is 1. The normalized spacial score (nSPS) is 28.5. The molecule has 0 heterocycles. The Morgan fingerprint density at radius 2 is 1.82 bits per heavy atom. The summed E-state index contributed by atoms with van der Waals surface area (Å²) in [4.78, 5) is 23.7. The zero-order valence-electron chi connectivity index (χ0n) is 9.59. The van der Waals surface area contributed by atoms with Gasteiger partial charge in [-0.1, -0.05) is 12.8 Å². The molecule has 0 radical (unpaired) electrons. The number of carbonyl (C=O) groups is 2. The van der Waals surface area contributed by atoms with E-state index in [1.54, 1.807) is 0 Å². The second kappa shape index (κ2) is 4.32. The van der Waals surface area contributed by atoms with Gasteiger partial charge in [-0.05, 0) is 19.3 Å². The van der Waals surface area contributed by atoms with E-state index < -0.39 is 15.8 Å². The summed E-state index contributed by atoms with van der Waals surface area (Å²) < 4.78 is 3.81. The van der Waals surface area contributed by atoms with Crippen LogP contribution in [0.2, 0.25) is 0 Å². The summed E-state index contributed by atoms with van der Waals surface area (Å²) >= 11 is 11.7. The highest BCUT2D eigenvalue weighted by Crippen LogP contribution is 2.53. The van der Waals surface area contributed by atoms with E-state index in [2.05, 4.69) is 5.32 Å². The molecule has 2 fully saturated rings. The van der Waals surface area contributed by atoms with Gasteiger partial charge in [-0.2, -0.15) is 0 Å². The minimum atomic E-state index is -0.958. The Kier molecular flexibility index (Phi) is 3.29. The quantitative estimate of drug-likeness (QED) is 0.633. The smallest absolute Gasteiger partial charge is 0.331 e. The Balaban J connectivity index is 2.04. The van der Waals surface area contributed by atoms with Crippen molar-refractivity contribution in [3.05, 3.63) is 0 Å². The van der Waals surface area contributed by atoms with E-state index in [0.717, 1.165) is 12.8 Å². The fraction of sp³-hybridized carbons (Fsp3) is 0.818. The first-order chi connectivity index (χ1) is 7.91. The van der Waals surface area contributed by atoms with Gasteiger partial charge in [-0.15, -0.1) is 23.2 Å². The molecule has 2 aliphatic carbocycles. The van der Waals surface area contributed by atoms with E-state index in [1.807, 2.05) is 0 Å². The first-order valence-electron chi connectivity index (χ1n) is 5.69. The molecule has 1 amide bonds. The fourth-order valence-electron chi connectivity index (χ4n) is 2.37. The first-order valence-corrected chi connectivity index (χ1v) is 6.45. The van der Waals surface area contributed by atoms with Gasteiger partial charge in [-0.25, -0.2) is 4.79 Å². The van der Waals surface area contributed by atoms with Gasteiger partial charge < -0.3 is 10.1 Å². The second-order valence-corrected chi connectivity index (χ2v) is 6.33. The van der Waals surface area contributed by atoms with Crippen LogP contribution in [-0.2, 0) is 14.3 Å². The van der Waals surface area contributed by atoms with E-state index in [1.165, 1.54) is 7.11 Å². The molecule has 1 unspecified atom stereocenters. The number of ether oxygens (including phenoxy) is 1. The maximum Gasteiger partial charge on any atom is 0.331 e. The second-order valence-electron chi connectivity index (χ2n) is 4.79. The highest BCUT2D eigenvalue weighted by atomic mass is 35.5. The van der Waals surface area contributed by atoms with Crippen molar-refractivity contribution in [2.45, 2.75) is 42.0 Å². The van der Waals surface area contributed by atoms with Crippen LogP contribution in [0, 0.1) is 5.92 Å². The number of halogens is 2. The minimum absolute atomic E-state index is 0.248. The molecule has 0 aromatic rings. The van der Waals surface area contributed by atoms with E-state index in [-0.39, 0.29) is 11.9 Å². The summed E-state index contributed by atoms with van der Waals surface area (Å²) in [6, 6.07) is 0. The third-order valence-electron chi connectivity index (χ3n) is 3.54. The van der Waals surface area contributed by atoms with Crippen LogP contribution in [-0.4, -0.2) is 28.9 Å². The van der Waals surface area contributed by atoms with E-state index in [0.29, 0.717) is 19.3 Å². The van der Waals surface area contributed by atoms with Crippen LogP contribution in [0.15, 0.2) is 0 Å². The lowest BCUT2D eigenvalue weighted by Gasteiger charge is -2.27. The molecule has 2 aliphatic rings. The molecule has 0 aromatic heterocycles. The molecule has 17 heavy (non-hydrogen) atoms. The van der Waals surface area contributed by atoms with Crippen LogP contribution >= 0.6 is 23.2 Å². The Bertz CT molecular complexity index is 351. The maximum atomic E-state index is 11.9. The summed E-state index contributed by atoms with van der Waals surface area (Å²) in [6.07, 6.45) is 3.50. The zero-order valence-corrected chi connectivity index (χ0v) is 11.1. The van der Waals surface area contributed by atoms with Crippen molar-refractivity contribution in [2.24, 2.45) is 5.92 Å². The van der Waals surface area contributed by atoms with E-state index >= 15 is 0 Å². The maximum absolute atomic E-state index is 11.9. The summed E-state index contributed by atoms with van der Waals surface area (Å²) in [5, 5.41) is 2.78. The lowest BCUT2D eigenvalue weighted by molar-refractivity contribution is -0.151. The lowest BCUT2D eigenvalue weighted by atomic mass is 9.97. The Morgan fingerprint density at radius 3 is 2.24 bits per heavy atom. The molecule has 4 nitrogen and oxygen atoms in total. The number of nitrogens with one attached hydrogen (secondary N) is 1. The van der Waals surface area contributed by atoms with E-state index in [9.17, 15) is 9.59 Å². The lowest BCUT2D eigenvalue weighted by Crippen LogP contribution is -2.53. The van der Waals surface area contributed by atoms with Crippen molar-refractivity contribution in [1.29, 1.82) is 0 Å². The van der Waals surface area contributed by atoms with Gasteiger partial charge in [-0.3, -0.25) is 4.79 Å². The molecule has 96 valence electrons. The average molecular weight is 280 g/mol. The number of rotatable bonds is 3. The van der Waals surface area contributed by atoms with Gasteiger partial charge in [0, 0.05) is 0 Å². The highest BCUT2D eigenvalue weighted by Gasteiger charge is 2.58. The van der Waals surface area contributed by atoms with Crippen molar-refractivity contribution in [1.82, 2.24) is 5.32 Å². The summed E-state index contributed by atoms with van der Waals surface area (Å²) in [5.74, 6) is -1.03. The molecule has 0 aromatic carbocycles. The molecular formula is C11H15Cl2NO3. The summed E-state index contributed by atoms with van der Waals surface area (Å²) in [7, 11) is 1.33. The Labute approximate surface area is 110 Å². The van der Waals surface area contributed by atoms with Crippen molar-refractivity contribution >= 4 is 35.1 Å². The van der Waals surface area contributed by atoms with Gasteiger partial charge >= 0.3 is 5.97 Å². The van der Waals surface area contributed by atoms with Crippen molar-refractivity contribution in [3.63, 3.8) is 0 Å². The molecule has 2 saturated carbocycles. The third kappa shape index (κ3) is 2.38. The van der Waals surface area contributed by atoms with Gasteiger partial charge in [0.2, 0.25) is 5.91 Å². The molecule has 0 spiro atoms. The first kappa shape index (κ1) is 13.0. The predicted octanol–water partition coefficient (Wildman–Crippen LogP) is 1.78. The third-order valence-corrected chi connectivity index (χ3v) is 4.37. The van der Waals surface area contributed by atoms with Gasteiger partial charge in [0.15, 0.2) is 0 Å². The molecule has 1 N–H and O–H groups in total. The van der Waals surface area contributed by atoms with Crippen LogP contribution < -0.4 is 5.32 Å². The highest BCUT2D eigenvalue weighted by molar-refractivity contribution is 6.52. The SMILES string of the molecule is COC(=O)C1(NC(=O)C2CC2(Cl)Cl)CCCC1. The van der Waals surface area contributed by atoms with Crippen LogP contribution in [0.4, 0.5) is 0 Å². The predicted molar refractivity (Wildman–Crippen MR) is 63.9 cm³/mol. The number of alkyl halides is 2. The van der Waals surface area contributed by atoms with Crippen molar-refractivity contribution in [3.8, 4) is 0 Å². The van der Waals surface area contributed by atoms with Gasteiger partial charge in [0.05, 0.1) is 13.0 Å². The number of hydrogen-bond donors (Lipinski definition) is 1. The fourth-order valence-corrected chi connectivity index (χ4v) is 2.88. The number of hydrogen-bond acceptors (Lipinski definition) is 3. The molecule has 0 aliphatic heterocycles. The molecule has 0 bridgehead atoms. The van der Waals surface area contributed by atoms with Crippen LogP contribution in [0.3, 0.4) is 0 Å². The minimum Gasteiger partial charge on any atom is -0.467 e. The molecule has 6 heteroatoms. The number of carbonyl (C=O) groups excluding carboxylic acids is 2. The molecule has 2 rings (SSSR count). The van der Waals surface area contributed by atoms with Crippen molar-refractivity contribution in [2.75, 3.05) is 7.11 Å². The topological polar surface area (TPSA) is 55.4 Å². The van der Waals surface area contributed by atoms with Crippen LogP contribution in [0.5, 0.6) is 0 Å². The summed E-state index contributed by atoms with van der Waals surface area (Å²) in [6.45, 7) is 0. The van der Waals surface area contributed by atoms with Crippen LogP contribution in [0.1, 0.15) is 32.1 Å². The Hall–Kier alpha value is -0.480. The molecule has 0 saturated heterocycles. The van der Waals surface area contributed by atoms with Gasteiger partial charge in [0.1, 0.15) is 9.87 Å². The number of methoxy groups -OCH3 is 1. The molecule has 1 atom stereocenters.